The fourth-order valence-corrected chi connectivity index (χ4v) is 1.89. The van der Waals surface area contributed by atoms with E-state index in [-0.39, 0.29) is 16.9 Å². The van der Waals surface area contributed by atoms with Crippen molar-refractivity contribution in [2.75, 3.05) is 5.32 Å². The minimum absolute atomic E-state index is 0.0374. The summed E-state index contributed by atoms with van der Waals surface area (Å²) < 4.78 is 13.7. The van der Waals surface area contributed by atoms with Gasteiger partial charge in [0.2, 0.25) is 0 Å². The second kappa shape index (κ2) is 5.74. The number of nitro groups is 1. The highest BCUT2D eigenvalue weighted by atomic mass is 79.9. The van der Waals surface area contributed by atoms with Crippen LogP contribution in [-0.4, -0.2) is 15.8 Å². The van der Waals surface area contributed by atoms with Gasteiger partial charge in [-0.1, -0.05) is 0 Å². The van der Waals surface area contributed by atoms with Crippen molar-refractivity contribution in [1.82, 2.24) is 4.98 Å². The lowest BCUT2D eigenvalue weighted by Crippen LogP contribution is -2.14. The molecule has 1 N–H and O–H groups in total. The Morgan fingerprint density at radius 3 is 2.80 bits per heavy atom. The summed E-state index contributed by atoms with van der Waals surface area (Å²) in [7, 11) is 0. The normalized spacial score (nSPS) is 10.1. The Bertz CT molecular complexity index is 693. The van der Waals surface area contributed by atoms with Crippen LogP contribution in [0.3, 0.4) is 0 Å². The van der Waals surface area contributed by atoms with Crippen molar-refractivity contribution in [3.8, 4) is 0 Å². The molecule has 0 spiro atoms. The number of nitrogens with one attached hydrogen (secondary N) is 1. The average molecular weight is 340 g/mol. The van der Waals surface area contributed by atoms with Crippen LogP contribution in [0.4, 0.5) is 15.8 Å². The number of carbonyl (C=O) groups excluding carboxylic acids is 1. The summed E-state index contributed by atoms with van der Waals surface area (Å²) >= 11 is 3.12. The van der Waals surface area contributed by atoms with E-state index in [1.54, 1.807) is 0 Å². The van der Waals surface area contributed by atoms with Gasteiger partial charge >= 0.3 is 0 Å². The van der Waals surface area contributed by atoms with Gasteiger partial charge in [0, 0.05) is 22.8 Å². The van der Waals surface area contributed by atoms with E-state index in [2.05, 4.69) is 26.2 Å². The van der Waals surface area contributed by atoms with Gasteiger partial charge in [-0.25, -0.2) is 4.39 Å². The standard InChI is InChI=1S/C12H7BrFN3O3/c13-9-2-1-7(17(19)20)5-8(9)12(18)16-11-3-4-15-6-10(11)14/h1-6H,(H,15,16,18). The van der Waals surface area contributed by atoms with E-state index in [9.17, 15) is 19.3 Å². The van der Waals surface area contributed by atoms with Crippen LogP contribution in [0, 0.1) is 15.9 Å². The van der Waals surface area contributed by atoms with Gasteiger partial charge < -0.3 is 5.32 Å². The van der Waals surface area contributed by atoms with Crippen LogP contribution in [0.5, 0.6) is 0 Å². The van der Waals surface area contributed by atoms with E-state index in [0.717, 1.165) is 12.3 Å². The minimum Gasteiger partial charge on any atom is -0.319 e. The molecule has 102 valence electrons. The molecule has 2 rings (SSSR count). The number of benzene rings is 1. The molecule has 0 aliphatic heterocycles. The molecule has 0 saturated carbocycles. The van der Waals surface area contributed by atoms with E-state index < -0.39 is 16.6 Å². The maximum atomic E-state index is 13.4. The van der Waals surface area contributed by atoms with Gasteiger partial charge in [0.05, 0.1) is 22.4 Å². The number of carbonyl (C=O) groups is 1. The number of rotatable bonds is 3. The molecular weight excluding hydrogens is 333 g/mol. The lowest BCUT2D eigenvalue weighted by Gasteiger charge is -2.07. The van der Waals surface area contributed by atoms with Crippen LogP contribution in [0.2, 0.25) is 0 Å². The summed E-state index contributed by atoms with van der Waals surface area (Å²) in [6, 6.07) is 5.04. The Morgan fingerprint density at radius 2 is 2.15 bits per heavy atom. The molecule has 6 nitrogen and oxygen atoms in total. The monoisotopic (exact) mass is 339 g/mol. The van der Waals surface area contributed by atoms with E-state index in [1.807, 2.05) is 0 Å². The number of nitrogens with zero attached hydrogens (tertiary/aromatic N) is 2. The molecule has 1 aromatic heterocycles. The molecule has 0 radical (unpaired) electrons. The summed E-state index contributed by atoms with van der Waals surface area (Å²) in [4.78, 5) is 25.6. The van der Waals surface area contributed by atoms with Gasteiger partial charge in [-0.15, -0.1) is 0 Å². The zero-order valence-corrected chi connectivity index (χ0v) is 11.4. The van der Waals surface area contributed by atoms with Crippen molar-refractivity contribution in [3.63, 3.8) is 0 Å². The highest BCUT2D eigenvalue weighted by Crippen LogP contribution is 2.24. The first-order valence-electron chi connectivity index (χ1n) is 5.34. The van der Waals surface area contributed by atoms with Crippen LogP contribution < -0.4 is 5.32 Å². The molecule has 1 amide bonds. The number of hydrogen-bond donors (Lipinski definition) is 1. The average Bonchev–Trinajstić information content (AvgIpc) is 2.41. The maximum Gasteiger partial charge on any atom is 0.270 e. The number of hydrogen-bond acceptors (Lipinski definition) is 4. The number of non-ortho nitro benzene ring substituents is 1. The SMILES string of the molecule is O=C(Nc1ccncc1F)c1cc([N+](=O)[O-])ccc1Br. The van der Waals surface area contributed by atoms with Crippen LogP contribution >= 0.6 is 15.9 Å². The predicted molar refractivity (Wildman–Crippen MR) is 72.9 cm³/mol. The predicted octanol–water partition coefficient (Wildman–Crippen LogP) is 3.14. The fourth-order valence-electron chi connectivity index (χ4n) is 1.47. The van der Waals surface area contributed by atoms with Gasteiger partial charge in [-0.3, -0.25) is 19.9 Å². The number of aromatic nitrogens is 1. The Hall–Kier alpha value is -2.35. The largest absolute Gasteiger partial charge is 0.319 e. The van der Waals surface area contributed by atoms with E-state index >= 15 is 0 Å². The highest BCUT2D eigenvalue weighted by Gasteiger charge is 2.16. The summed E-state index contributed by atoms with van der Waals surface area (Å²) in [5.41, 5.74) is -0.243. The van der Waals surface area contributed by atoms with E-state index in [4.69, 9.17) is 0 Å². The Morgan fingerprint density at radius 1 is 1.40 bits per heavy atom. The summed E-state index contributed by atoms with van der Waals surface area (Å²) in [6.45, 7) is 0. The quantitative estimate of drug-likeness (QED) is 0.687. The topological polar surface area (TPSA) is 85.1 Å². The first kappa shape index (κ1) is 14.1. The number of amides is 1. The third kappa shape index (κ3) is 2.97. The summed E-state index contributed by atoms with van der Waals surface area (Å²) in [5, 5.41) is 13.0. The maximum absolute atomic E-state index is 13.4. The zero-order valence-electron chi connectivity index (χ0n) is 9.84. The molecule has 2 aromatic rings. The molecule has 0 saturated heterocycles. The van der Waals surface area contributed by atoms with Crippen molar-refractivity contribution in [2.24, 2.45) is 0 Å². The molecule has 0 aliphatic carbocycles. The molecule has 0 unspecified atom stereocenters. The van der Waals surface area contributed by atoms with Gasteiger partial charge in [0.15, 0.2) is 5.82 Å². The second-order valence-electron chi connectivity index (χ2n) is 3.73. The number of nitro benzene ring substituents is 1. The van der Waals surface area contributed by atoms with Gasteiger partial charge in [0.25, 0.3) is 11.6 Å². The number of anilines is 1. The third-order valence-corrected chi connectivity index (χ3v) is 3.12. The van der Waals surface area contributed by atoms with Crippen molar-refractivity contribution in [2.45, 2.75) is 0 Å². The smallest absolute Gasteiger partial charge is 0.270 e. The molecule has 1 heterocycles. The van der Waals surface area contributed by atoms with Crippen molar-refractivity contribution >= 4 is 33.2 Å². The van der Waals surface area contributed by atoms with Crippen LogP contribution in [0.25, 0.3) is 0 Å². The molecule has 20 heavy (non-hydrogen) atoms. The van der Waals surface area contributed by atoms with Gasteiger partial charge in [0.1, 0.15) is 0 Å². The van der Waals surface area contributed by atoms with Crippen molar-refractivity contribution in [3.05, 3.63) is 62.6 Å². The molecule has 0 bridgehead atoms. The first-order chi connectivity index (χ1) is 9.49. The van der Waals surface area contributed by atoms with Crippen molar-refractivity contribution in [1.29, 1.82) is 0 Å². The lowest BCUT2D eigenvalue weighted by atomic mass is 10.2. The highest BCUT2D eigenvalue weighted by molar-refractivity contribution is 9.10. The second-order valence-corrected chi connectivity index (χ2v) is 4.59. The molecular formula is C12H7BrFN3O3. The van der Waals surface area contributed by atoms with Crippen LogP contribution in [0.15, 0.2) is 41.1 Å². The van der Waals surface area contributed by atoms with Crippen LogP contribution in [-0.2, 0) is 0 Å². The number of halogens is 2. The van der Waals surface area contributed by atoms with E-state index in [1.165, 1.54) is 24.4 Å². The fraction of sp³-hybridized carbons (Fsp3) is 0. The zero-order chi connectivity index (χ0) is 14.7. The van der Waals surface area contributed by atoms with Crippen LogP contribution in [0.1, 0.15) is 10.4 Å². The number of pyridine rings is 1. The molecule has 0 fully saturated rings. The van der Waals surface area contributed by atoms with Gasteiger partial charge in [-0.2, -0.15) is 0 Å². The Balaban J connectivity index is 2.32. The lowest BCUT2D eigenvalue weighted by molar-refractivity contribution is -0.384. The van der Waals surface area contributed by atoms with E-state index in [0.29, 0.717) is 4.47 Å². The molecule has 8 heteroatoms. The molecule has 1 aromatic carbocycles. The molecule has 0 atom stereocenters. The summed E-state index contributed by atoms with van der Waals surface area (Å²) in [5.74, 6) is -1.35. The Kier molecular flexibility index (Phi) is 4.04. The minimum atomic E-state index is -0.692. The van der Waals surface area contributed by atoms with Gasteiger partial charge in [-0.05, 0) is 28.1 Å². The van der Waals surface area contributed by atoms with Crippen molar-refractivity contribution < 1.29 is 14.1 Å². The summed E-state index contributed by atoms with van der Waals surface area (Å²) in [6.07, 6.45) is 2.28. The third-order valence-electron chi connectivity index (χ3n) is 2.43. The first-order valence-corrected chi connectivity index (χ1v) is 6.13. The molecule has 0 aliphatic rings. The Labute approximate surface area is 120 Å².